The van der Waals surface area contributed by atoms with Gasteiger partial charge >= 0.3 is 0 Å². The molecule has 0 radical (unpaired) electrons. The van der Waals surface area contributed by atoms with E-state index in [1.807, 2.05) is 0 Å². The molecule has 88 valence electrons. The fourth-order valence-corrected chi connectivity index (χ4v) is 1.93. The van der Waals surface area contributed by atoms with Gasteiger partial charge in [0, 0.05) is 22.2 Å². The molecule has 0 aliphatic heterocycles. The maximum atomic E-state index is 13.5. The Morgan fingerprint density at radius 1 is 0.765 bits per heavy atom. The summed E-state index contributed by atoms with van der Waals surface area (Å²) in [6.45, 7) is 0. The second-order valence-corrected chi connectivity index (χ2v) is 4.22. The molecule has 0 nitrogen and oxygen atoms in total. The van der Waals surface area contributed by atoms with E-state index in [4.69, 9.17) is 0 Å². The van der Waals surface area contributed by atoms with Crippen molar-refractivity contribution >= 4 is 15.9 Å². The molecule has 5 heteroatoms. The van der Waals surface area contributed by atoms with Crippen molar-refractivity contribution in [3.8, 4) is 11.1 Å². The number of halogens is 5. The van der Waals surface area contributed by atoms with Gasteiger partial charge < -0.3 is 0 Å². The summed E-state index contributed by atoms with van der Waals surface area (Å²) < 4.78 is 53.1. The summed E-state index contributed by atoms with van der Waals surface area (Å²) >= 11 is 3.06. The lowest BCUT2D eigenvalue weighted by molar-refractivity contribution is 0.547. The van der Waals surface area contributed by atoms with E-state index in [9.17, 15) is 17.6 Å². The van der Waals surface area contributed by atoms with Gasteiger partial charge in [-0.3, -0.25) is 0 Å². The van der Waals surface area contributed by atoms with Crippen LogP contribution in [0.25, 0.3) is 11.1 Å². The molecule has 0 amide bonds. The zero-order chi connectivity index (χ0) is 12.6. The van der Waals surface area contributed by atoms with Crippen molar-refractivity contribution in [3.05, 3.63) is 58.1 Å². The Morgan fingerprint density at radius 3 is 1.94 bits per heavy atom. The van der Waals surface area contributed by atoms with Gasteiger partial charge in [0.25, 0.3) is 0 Å². The van der Waals surface area contributed by atoms with Crippen LogP contribution in [0.3, 0.4) is 0 Å². The summed E-state index contributed by atoms with van der Waals surface area (Å²) in [5.74, 6) is -3.80. The smallest absolute Gasteiger partial charge is 0.136 e. The maximum Gasteiger partial charge on any atom is 0.136 e. The first-order chi connectivity index (χ1) is 7.99. The predicted octanol–water partition coefficient (Wildman–Crippen LogP) is 4.67. The predicted molar refractivity (Wildman–Crippen MR) is 59.4 cm³/mol. The van der Waals surface area contributed by atoms with Crippen molar-refractivity contribution in [1.82, 2.24) is 0 Å². The Morgan fingerprint density at radius 2 is 1.35 bits per heavy atom. The van der Waals surface area contributed by atoms with Gasteiger partial charge in [-0.2, -0.15) is 0 Å². The van der Waals surface area contributed by atoms with E-state index in [2.05, 4.69) is 15.9 Å². The van der Waals surface area contributed by atoms with Crippen LogP contribution >= 0.6 is 15.9 Å². The molecule has 0 saturated carbocycles. The second-order valence-electron chi connectivity index (χ2n) is 3.37. The monoisotopic (exact) mass is 304 g/mol. The molecule has 0 saturated heterocycles. The topological polar surface area (TPSA) is 0 Å². The van der Waals surface area contributed by atoms with Crippen LogP contribution in [0, 0.1) is 23.3 Å². The van der Waals surface area contributed by atoms with E-state index in [1.165, 1.54) is 6.07 Å². The highest BCUT2D eigenvalue weighted by Gasteiger charge is 2.16. The van der Waals surface area contributed by atoms with Gasteiger partial charge in [-0.15, -0.1) is 0 Å². The molecule has 17 heavy (non-hydrogen) atoms. The van der Waals surface area contributed by atoms with Crippen LogP contribution in [0.2, 0.25) is 0 Å². The van der Waals surface area contributed by atoms with E-state index in [-0.39, 0.29) is 5.56 Å². The molecule has 0 aromatic heterocycles. The standard InChI is InChI=1S/C12H5BrF4/c13-9-2-1-6(14)3-8(9)12-10(16)4-7(15)5-11(12)17/h1-5H. The number of hydrogen-bond donors (Lipinski definition) is 0. The summed E-state index contributed by atoms with van der Waals surface area (Å²) in [6, 6.07) is 4.55. The first kappa shape index (κ1) is 12.1. The third kappa shape index (κ3) is 2.34. The molecule has 0 aliphatic rings. The fourth-order valence-electron chi connectivity index (χ4n) is 1.49. The minimum Gasteiger partial charge on any atom is -0.207 e. The van der Waals surface area contributed by atoms with Crippen LogP contribution < -0.4 is 0 Å². The van der Waals surface area contributed by atoms with E-state index in [0.29, 0.717) is 16.6 Å². The molecule has 0 bridgehead atoms. The van der Waals surface area contributed by atoms with Crippen molar-refractivity contribution in [3.63, 3.8) is 0 Å². The van der Waals surface area contributed by atoms with E-state index >= 15 is 0 Å². The molecule has 0 spiro atoms. The van der Waals surface area contributed by atoms with Gasteiger partial charge in [-0.25, -0.2) is 17.6 Å². The molecule has 0 atom stereocenters. The van der Waals surface area contributed by atoms with Gasteiger partial charge in [0.05, 0.1) is 5.56 Å². The fraction of sp³-hybridized carbons (Fsp3) is 0. The Hall–Kier alpha value is -1.36. The largest absolute Gasteiger partial charge is 0.207 e. The van der Waals surface area contributed by atoms with Gasteiger partial charge in [-0.1, -0.05) is 15.9 Å². The van der Waals surface area contributed by atoms with Gasteiger partial charge in [0.15, 0.2) is 0 Å². The van der Waals surface area contributed by atoms with Gasteiger partial charge in [0.1, 0.15) is 23.3 Å². The highest BCUT2D eigenvalue weighted by Crippen LogP contribution is 2.33. The number of rotatable bonds is 1. The summed E-state index contributed by atoms with van der Waals surface area (Å²) in [6.07, 6.45) is 0. The maximum absolute atomic E-state index is 13.5. The molecule has 0 N–H and O–H groups in total. The Kier molecular flexibility index (Phi) is 3.19. The Bertz CT molecular complexity index is 558. The van der Waals surface area contributed by atoms with Crippen LogP contribution in [0.1, 0.15) is 0 Å². The molecular formula is C12H5BrF4. The van der Waals surface area contributed by atoms with Gasteiger partial charge in [-0.05, 0) is 18.2 Å². The third-order valence-electron chi connectivity index (χ3n) is 2.20. The van der Waals surface area contributed by atoms with Crippen molar-refractivity contribution in [1.29, 1.82) is 0 Å². The van der Waals surface area contributed by atoms with Crippen LogP contribution in [0.15, 0.2) is 34.8 Å². The zero-order valence-electron chi connectivity index (χ0n) is 8.28. The molecule has 0 heterocycles. The van der Waals surface area contributed by atoms with Crippen LogP contribution in [0.5, 0.6) is 0 Å². The van der Waals surface area contributed by atoms with Crippen molar-refractivity contribution in [2.45, 2.75) is 0 Å². The Labute approximate surface area is 103 Å². The second kappa shape index (κ2) is 4.49. The lowest BCUT2D eigenvalue weighted by Gasteiger charge is -2.08. The first-order valence-corrected chi connectivity index (χ1v) is 5.38. The van der Waals surface area contributed by atoms with E-state index < -0.39 is 28.8 Å². The lowest BCUT2D eigenvalue weighted by atomic mass is 10.0. The minimum atomic E-state index is -1.08. The number of benzene rings is 2. The quantitative estimate of drug-likeness (QED) is 0.672. The highest BCUT2D eigenvalue weighted by atomic mass is 79.9. The summed E-state index contributed by atoms with van der Waals surface area (Å²) in [7, 11) is 0. The molecule has 0 fully saturated rings. The number of hydrogen-bond acceptors (Lipinski definition) is 0. The molecule has 0 unspecified atom stereocenters. The highest BCUT2D eigenvalue weighted by molar-refractivity contribution is 9.10. The molecule has 2 rings (SSSR count). The summed E-state index contributed by atoms with van der Waals surface area (Å²) in [5, 5.41) is 0. The van der Waals surface area contributed by atoms with Crippen LogP contribution in [-0.2, 0) is 0 Å². The average Bonchev–Trinajstić information content (AvgIpc) is 2.21. The van der Waals surface area contributed by atoms with Crippen molar-refractivity contribution in [2.24, 2.45) is 0 Å². The minimum absolute atomic E-state index is 0.000000000000000444. The normalized spacial score (nSPS) is 10.6. The average molecular weight is 305 g/mol. The van der Waals surface area contributed by atoms with E-state index in [0.717, 1.165) is 12.1 Å². The Balaban J connectivity index is 2.72. The van der Waals surface area contributed by atoms with Crippen molar-refractivity contribution < 1.29 is 17.6 Å². The van der Waals surface area contributed by atoms with Crippen LogP contribution in [-0.4, -0.2) is 0 Å². The third-order valence-corrected chi connectivity index (χ3v) is 2.90. The van der Waals surface area contributed by atoms with Crippen LogP contribution in [0.4, 0.5) is 17.6 Å². The molecular weight excluding hydrogens is 300 g/mol. The first-order valence-electron chi connectivity index (χ1n) is 4.59. The lowest BCUT2D eigenvalue weighted by Crippen LogP contribution is -1.94. The van der Waals surface area contributed by atoms with Gasteiger partial charge in [0.2, 0.25) is 0 Å². The molecule has 2 aromatic carbocycles. The SMILES string of the molecule is Fc1cc(F)c(-c2cc(F)ccc2Br)c(F)c1. The summed E-state index contributed by atoms with van der Waals surface area (Å²) in [4.78, 5) is 0. The zero-order valence-corrected chi connectivity index (χ0v) is 9.86. The molecule has 0 aliphatic carbocycles. The molecule has 2 aromatic rings. The van der Waals surface area contributed by atoms with E-state index in [1.54, 1.807) is 0 Å². The summed E-state index contributed by atoms with van der Waals surface area (Å²) in [5.41, 5.74) is -0.460. The van der Waals surface area contributed by atoms with Crippen molar-refractivity contribution in [2.75, 3.05) is 0 Å².